The van der Waals surface area contributed by atoms with E-state index < -0.39 is 0 Å². The smallest absolute Gasteiger partial charge is 0.0701 e. The van der Waals surface area contributed by atoms with Gasteiger partial charge in [0.1, 0.15) is 0 Å². The van der Waals surface area contributed by atoms with Gasteiger partial charge in [-0.05, 0) is 6.42 Å². The van der Waals surface area contributed by atoms with E-state index in [4.69, 9.17) is 14.6 Å². The predicted octanol–water partition coefficient (Wildman–Crippen LogP) is 0.797. The van der Waals surface area contributed by atoms with E-state index in [9.17, 15) is 0 Å². The molecule has 0 aromatic rings. The molecule has 0 fully saturated rings. The van der Waals surface area contributed by atoms with Crippen LogP contribution in [0, 0.1) is 0 Å². The van der Waals surface area contributed by atoms with E-state index in [1.54, 1.807) is 0 Å². The molecule has 3 nitrogen and oxygen atoms in total. The summed E-state index contributed by atoms with van der Waals surface area (Å²) >= 11 is 3.30. The summed E-state index contributed by atoms with van der Waals surface area (Å²) in [4.78, 5) is 0. The molecule has 0 radical (unpaired) electrons. The molecule has 0 aromatic heterocycles. The van der Waals surface area contributed by atoms with Crippen LogP contribution in [-0.4, -0.2) is 43.5 Å². The van der Waals surface area contributed by atoms with E-state index in [1.807, 2.05) is 0 Å². The summed E-state index contributed by atoms with van der Waals surface area (Å²) < 4.78 is 10.2. The summed E-state index contributed by atoms with van der Waals surface area (Å²) in [6.45, 7) is 2.45. The van der Waals surface area contributed by atoms with Gasteiger partial charge in [-0.3, -0.25) is 0 Å². The molecular formula is C7H15BrO3. The molecule has 0 bridgehead atoms. The van der Waals surface area contributed by atoms with Gasteiger partial charge < -0.3 is 14.6 Å². The molecule has 0 saturated carbocycles. The molecule has 0 spiro atoms. The van der Waals surface area contributed by atoms with Gasteiger partial charge in [0.05, 0.1) is 26.4 Å². The van der Waals surface area contributed by atoms with Crippen LogP contribution < -0.4 is 0 Å². The number of rotatable bonds is 8. The number of halogens is 1. The SMILES string of the molecule is OCCOCCOCCCBr. The van der Waals surface area contributed by atoms with Gasteiger partial charge in [0.15, 0.2) is 0 Å². The third-order valence-electron chi connectivity index (χ3n) is 1.03. The van der Waals surface area contributed by atoms with Crippen LogP contribution in [0.4, 0.5) is 0 Å². The van der Waals surface area contributed by atoms with Crippen molar-refractivity contribution in [2.75, 3.05) is 38.4 Å². The lowest BCUT2D eigenvalue weighted by atomic mass is 10.5. The summed E-state index contributed by atoms with van der Waals surface area (Å²) in [5.41, 5.74) is 0. The number of aliphatic hydroxyl groups excluding tert-OH is 1. The predicted molar refractivity (Wildman–Crippen MR) is 47.1 cm³/mol. The highest BCUT2D eigenvalue weighted by atomic mass is 79.9. The van der Waals surface area contributed by atoms with Crippen LogP contribution in [0.3, 0.4) is 0 Å². The molecule has 0 amide bonds. The lowest BCUT2D eigenvalue weighted by Gasteiger charge is -2.02. The largest absolute Gasteiger partial charge is 0.394 e. The Hall–Kier alpha value is 0.360. The Kier molecular flexibility index (Phi) is 10.7. The molecule has 0 heterocycles. The Morgan fingerprint density at radius 1 is 1.00 bits per heavy atom. The van der Waals surface area contributed by atoms with E-state index in [-0.39, 0.29) is 6.61 Å². The first kappa shape index (κ1) is 11.4. The third kappa shape index (κ3) is 10.4. The standard InChI is InChI=1S/C7H15BrO3/c8-2-1-4-10-6-7-11-5-3-9/h9H,1-7H2. The number of aliphatic hydroxyl groups is 1. The molecule has 0 rings (SSSR count). The Morgan fingerprint density at radius 2 is 1.64 bits per heavy atom. The highest BCUT2D eigenvalue weighted by molar-refractivity contribution is 9.09. The van der Waals surface area contributed by atoms with Crippen molar-refractivity contribution in [2.45, 2.75) is 6.42 Å². The zero-order chi connectivity index (χ0) is 8.36. The lowest BCUT2D eigenvalue weighted by molar-refractivity contribution is 0.0336. The first-order chi connectivity index (χ1) is 5.41. The van der Waals surface area contributed by atoms with Gasteiger partial charge in [-0.1, -0.05) is 15.9 Å². The van der Waals surface area contributed by atoms with Crippen LogP contribution in [0.2, 0.25) is 0 Å². The summed E-state index contributed by atoms with van der Waals surface area (Å²) in [5.74, 6) is 0. The molecule has 0 atom stereocenters. The van der Waals surface area contributed by atoms with Gasteiger partial charge in [-0.2, -0.15) is 0 Å². The van der Waals surface area contributed by atoms with Crippen molar-refractivity contribution < 1.29 is 14.6 Å². The van der Waals surface area contributed by atoms with Gasteiger partial charge >= 0.3 is 0 Å². The zero-order valence-corrected chi connectivity index (χ0v) is 8.18. The number of hydrogen-bond acceptors (Lipinski definition) is 3. The van der Waals surface area contributed by atoms with Gasteiger partial charge in [-0.25, -0.2) is 0 Å². The van der Waals surface area contributed by atoms with Crippen LogP contribution in [0.1, 0.15) is 6.42 Å². The molecule has 4 heteroatoms. The quantitative estimate of drug-likeness (QED) is 0.492. The average Bonchev–Trinajstić information content (AvgIpc) is 2.03. The van der Waals surface area contributed by atoms with Crippen molar-refractivity contribution in [3.05, 3.63) is 0 Å². The fourth-order valence-electron chi connectivity index (χ4n) is 0.543. The van der Waals surface area contributed by atoms with Crippen molar-refractivity contribution in [1.82, 2.24) is 0 Å². The highest BCUT2D eigenvalue weighted by Gasteiger charge is 1.88. The van der Waals surface area contributed by atoms with Gasteiger partial charge in [0.2, 0.25) is 0 Å². The molecule has 0 saturated heterocycles. The molecule has 1 N–H and O–H groups in total. The fraction of sp³-hybridized carbons (Fsp3) is 1.00. The maximum absolute atomic E-state index is 8.33. The van der Waals surface area contributed by atoms with Crippen molar-refractivity contribution in [3.63, 3.8) is 0 Å². The Morgan fingerprint density at radius 3 is 2.18 bits per heavy atom. The molecule has 0 aliphatic heterocycles. The van der Waals surface area contributed by atoms with Crippen molar-refractivity contribution in [1.29, 1.82) is 0 Å². The summed E-state index contributed by atoms with van der Waals surface area (Å²) in [7, 11) is 0. The normalized spacial score (nSPS) is 10.4. The van der Waals surface area contributed by atoms with Crippen LogP contribution >= 0.6 is 15.9 Å². The minimum atomic E-state index is 0.0847. The monoisotopic (exact) mass is 226 g/mol. The van der Waals surface area contributed by atoms with E-state index in [0.29, 0.717) is 19.8 Å². The number of alkyl halides is 1. The van der Waals surface area contributed by atoms with Crippen molar-refractivity contribution >= 4 is 15.9 Å². The minimum absolute atomic E-state index is 0.0847. The van der Waals surface area contributed by atoms with E-state index >= 15 is 0 Å². The Labute approximate surface area is 75.8 Å². The van der Waals surface area contributed by atoms with Gasteiger partial charge in [0.25, 0.3) is 0 Å². The fourth-order valence-corrected chi connectivity index (χ4v) is 0.772. The summed E-state index contributed by atoms with van der Waals surface area (Å²) in [6, 6.07) is 0. The maximum atomic E-state index is 8.33. The average molecular weight is 227 g/mol. The molecular weight excluding hydrogens is 212 g/mol. The molecule has 0 aromatic carbocycles. The molecule has 11 heavy (non-hydrogen) atoms. The van der Waals surface area contributed by atoms with Crippen LogP contribution in [0.15, 0.2) is 0 Å². The number of ether oxygens (including phenoxy) is 2. The first-order valence-corrected chi connectivity index (χ1v) is 4.86. The second kappa shape index (κ2) is 10.4. The van der Waals surface area contributed by atoms with Crippen LogP contribution in [0.5, 0.6) is 0 Å². The maximum Gasteiger partial charge on any atom is 0.0701 e. The second-order valence-electron chi connectivity index (χ2n) is 1.99. The highest BCUT2D eigenvalue weighted by Crippen LogP contribution is 1.88. The summed E-state index contributed by atoms with van der Waals surface area (Å²) in [6.07, 6.45) is 1.03. The Balaban J connectivity index is 2.69. The Bertz CT molecular complexity index is 62.7. The topological polar surface area (TPSA) is 38.7 Å². The molecule has 0 aliphatic rings. The van der Waals surface area contributed by atoms with Gasteiger partial charge in [0, 0.05) is 11.9 Å². The summed E-state index contributed by atoms with van der Waals surface area (Å²) in [5, 5.41) is 9.31. The van der Waals surface area contributed by atoms with Crippen molar-refractivity contribution in [3.8, 4) is 0 Å². The zero-order valence-electron chi connectivity index (χ0n) is 6.59. The van der Waals surface area contributed by atoms with Crippen LogP contribution in [-0.2, 0) is 9.47 Å². The molecule has 68 valence electrons. The second-order valence-corrected chi connectivity index (χ2v) is 2.78. The third-order valence-corrected chi connectivity index (χ3v) is 1.59. The van der Waals surface area contributed by atoms with Crippen molar-refractivity contribution in [2.24, 2.45) is 0 Å². The van der Waals surface area contributed by atoms with E-state index in [1.165, 1.54) is 0 Å². The van der Waals surface area contributed by atoms with E-state index in [2.05, 4.69) is 15.9 Å². The number of hydrogen-bond donors (Lipinski definition) is 1. The minimum Gasteiger partial charge on any atom is -0.394 e. The van der Waals surface area contributed by atoms with E-state index in [0.717, 1.165) is 18.4 Å². The van der Waals surface area contributed by atoms with Crippen LogP contribution in [0.25, 0.3) is 0 Å². The molecule has 0 aliphatic carbocycles. The van der Waals surface area contributed by atoms with Gasteiger partial charge in [-0.15, -0.1) is 0 Å². The lowest BCUT2D eigenvalue weighted by Crippen LogP contribution is -2.07. The molecule has 0 unspecified atom stereocenters. The first-order valence-electron chi connectivity index (χ1n) is 3.74.